The second-order valence-electron chi connectivity index (χ2n) is 5.92. The molecule has 1 saturated carbocycles. The number of carbonyl (C=O) groups excluding carboxylic acids is 2. The maximum atomic E-state index is 12.0. The van der Waals surface area contributed by atoms with Gasteiger partial charge >= 0.3 is 0 Å². The number of halogens is 1. The first-order chi connectivity index (χ1) is 10.1. The predicted octanol–water partition coefficient (Wildman–Crippen LogP) is 2.01. The lowest BCUT2D eigenvalue weighted by Gasteiger charge is -2.15. The van der Waals surface area contributed by atoms with E-state index in [1.807, 2.05) is 23.1 Å². The summed E-state index contributed by atoms with van der Waals surface area (Å²) < 4.78 is 0. The summed E-state index contributed by atoms with van der Waals surface area (Å²) in [4.78, 5) is 25.8. The van der Waals surface area contributed by atoms with Crippen LogP contribution in [-0.4, -0.2) is 35.8 Å². The Labute approximate surface area is 129 Å². The molecule has 2 aliphatic rings. The third-order valence-corrected chi connectivity index (χ3v) is 4.49. The Kier molecular flexibility index (Phi) is 4.15. The zero-order chi connectivity index (χ0) is 14.8. The summed E-state index contributed by atoms with van der Waals surface area (Å²) in [5, 5.41) is 3.54. The van der Waals surface area contributed by atoms with Gasteiger partial charge in [-0.25, -0.2) is 0 Å². The van der Waals surface area contributed by atoms with Crippen LogP contribution >= 0.6 is 11.6 Å². The van der Waals surface area contributed by atoms with E-state index >= 15 is 0 Å². The van der Waals surface area contributed by atoms with E-state index in [-0.39, 0.29) is 24.2 Å². The van der Waals surface area contributed by atoms with E-state index in [9.17, 15) is 9.59 Å². The van der Waals surface area contributed by atoms with Crippen molar-refractivity contribution in [3.05, 3.63) is 34.9 Å². The van der Waals surface area contributed by atoms with Crippen LogP contribution in [0.1, 0.15) is 24.8 Å². The number of amides is 2. The van der Waals surface area contributed by atoms with Crippen molar-refractivity contribution >= 4 is 23.4 Å². The maximum Gasteiger partial charge on any atom is 0.224 e. The quantitative estimate of drug-likeness (QED) is 0.904. The van der Waals surface area contributed by atoms with E-state index in [1.54, 1.807) is 6.07 Å². The molecule has 1 heterocycles. The topological polar surface area (TPSA) is 49.4 Å². The van der Waals surface area contributed by atoms with Gasteiger partial charge < -0.3 is 10.2 Å². The Morgan fingerprint density at radius 1 is 1.33 bits per heavy atom. The molecule has 0 radical (unpaired) electrons. The fraction of sp³-hybridized carbons (Fsp3) is 0.500. The highest BCUT2D eigenvalue weighted by atomic mass is 35.5. The molecule has 1 N–H and O–H groups in total. The van der Waals surface area contributed by atoms with Gasteiger partial charge in [0.05, 0.1) is 6.42 Å². The third-order valence-electron chi connectivity index (χ3n) is 4.12. The minimum absolute atomic E-state index is 0.0413. The van der Waals surface area contributed by atoms with Gasteiger partial charge in [0.15, 0.2) is 0 Å². The molecule has 1 aliphatic carbocycles. The van der Waals surface area contributed by atoms with Crippen molar-refractivity contribution < 1.29 is 9.59 Å². The smallest absolute Gasteiger partial charge is 0.224 e. The summed E-state index contributed by atoms with van der Waals surface area (Å²) in [5.74, 6) is 0.441. The predicted molar refractivity (Wildman–Crippen MR) is 81.0 cm³/mol. The number of likely N-dealkylation sites (tertiary alicyclic amines) is 1. The van der Waals surface area contributed by atoms with E-state index in [0.717, 1.165) is 24.9 Å². The van der Waals surface area contributed by atoms with Crippen LogP contribution in [0.2, 0.25) is 5.02 Å². The minimum atomic E-state index is -0.0413. The molecule has 2 amide bonds. The third kappa shape index (κ3) is 3.56. The Hall–Kier alpha value is -1.55. The molecule has 2 fully saturated rings. The summed E-state index contributed by atoms with van der Waals surface area (Å²) in [5.41, 5.74) is 0.832. The molecule has 1 atom stereocenters. The first kappa shape index (κ1) is 14.4. The van der Waals surface area contributed by atoms with Crippen molar-refractivity contribution in [2.45, 2.75) is 31.7 Å². The first-order valence-electron chi connectivity index (χ1n) is 7.43. The average Bonchev–Trinajstić information content (AvgIpc) is 3.23. The van der Waals surface area contributed by atoms with Gasteiger partial charge in [0.2, 0.25) is 11.8 Å². The fourth-order valence-corrected chi connectivity index (χ4v) is 3.02. The molecule has 1 aliphatic heterocycles. The Morgan fingerprint density at radius 2 is 2.10 bits per heavy atom. The van der Waals surface area contributed by atoms with Crippen molar-refractivity contribution in [1.82, 2.24) is 10.2 Å². The molecule has 0 aromatic heterocycles. The number of rotatable bonds is 5. The molecule has 1 aromatic rings. The molecule has 1 aromatic carbocycles. The minimum Gasteiger partial charge on any atom is -0.355 e. The molecule has 1 saturated heterocycles. The van der Waals surface area contributed by atoms with Crippen LogP contribution in [-0.2, 0) is 16.0 Å². The van der Waals surface area contributed by atoms with Crippen LogP contribution < -0.4 is 5.32 Å². The molecule has 21 heavy (non-hydrogen) atoms. The zero-order valence-corrected chi connectivity index (χ0v) is 12.6. The van der Waals surface area contributed by atoms with Crippen LogP contribution in [0.3, 0.4) is 0 Å². The highest BCUT2D eigenvalue weighted by Gasteiger charge is 2.39. The number of hydrogen-bond donors (Lipinski definition) is 1. The van der Waals surface area contributed by atoms with Gasteiger partial charge in [0.25, 0.3) is 0 Å². The molecule has 4 nitrogen and oxygen atoms in total. The molecule has 0 bridgehead atoms. The fourth-order valence-electron chi connectivity index (χ4n) is 2.82. The van der Waals surface area contributed by atoms with Crippen LogP contribution in [0, 0.1) is 5.92 Å². The summed E-state index contributed by atoms with van der Waals surface area (Å²) >= 11 is 6.04. The van der Waals surface area contributed by atoms with Gasteiger partial charge in [-0.05, 0) is 24.5 Å². The van der Waals surface area contributed by atoms with Crippen LogP contribution in [0.25, 0.3) is 0 Å². The van der Waals surface area contributed by atoms with E-state index in [4.69, 9.17) is 11.6 Å². The number of nitrogens with zero attached hydrogens (tertiary/aromatic N) is 1. The molecule has 5 heteroatoms. The highest BCUT2D eigenvalue weighted by molar-refractivity contribution is 6.31. The largest absolute Gasteiger partial charge is 0.355 e. The molecular formula is C16H19ClN2O2. The van der Waals surface area contributed by atoms with Crippen molar-refractivity contribution in [2.24, 2.45) is 5.92 Å². The maximum absolute atomic E-state index is 12.0. The van der Waals surface area contributed by atoms with Gasteiger partial charge in [-0.2, -0.15) is 0 Å². The van der Waals surface area contributed by atoms with Crippen LogP contribution in [0.5, 0.6) is 0 Å². The van der Waals surface area contributed by atoms with Gasteiger partial charge in [-0.3, -0.25) is 9.59 Å². The number of hydrogen-bond acceptors (Lipinski definition) is 2. The second-order valence-corrected chi connectivity index (χ2v) is 6.33. The summed E-state index contributed by atoms with van der Waals surface area (Å²) in [6.07, 6.45) is 3.12. The highest BCUT2D eigenvalue weighted by Crippen LogP contribution is 2.32. The molecule has 0 spiro atoms. The Morgan fingerprint density at radius 3 is 2.81 bits per heavy atom. The van der Waals surface area contributed by atoms with Crippen molar-refractivity contribution in [3.8, 4) is 0 Å². The van der Waals surface area contributed by atoms with Gasteiger partial charge in [0, 0.05) is 36.5 Å². The SMILES string of the molecule is O=C(Cc1ccccc1Cl)NCC1CC(=O)N(C2CC2)C1. The van der Waals surface area contributed by atoms with Crippen LogP contribution in [0.4, 0.5) is 0 Å². The van der Waals surface area contributed by atoms with Crippen molar-refractivity contribution in [2.75, 3.05) is 13.1 Å². The summed E-state index contributed by atoms with van der Waals surface area (Å²) in [6.45, 7) is 1.36. The zero-order valence-electron chi connectivity index (χ0n) is 11.8. The monoisotopic (exact) mass is 306 g/mol. The summed E-state index contributed by atoms with van der Waals surface area (Å²) in [7, 11) is 0. The number of nitrogens with one attached hydrogen (secondary N) is 1. The Balaban J connectivity index is 1.46. The van der Waals surface area contributed by atoms with Gasteiger partial charge in [0.1, 0.15) is 0 Å². The lowest BCUT2D eigenvalue weighted by atomic mass is 10.1. The lowest BCUT2D eigenvalue weighted by molar-refractivity contribution is -0.128. The number of benzene rings is 1. The molecule has 3 rings (SSSR count). The van der Waals surface area contributed by atoms with E-state index in [2.05, 4.69) is 5.32 Å². The van der Waals surface area contributed by atoms with Crippen molar-refractivity contribution in [1.29, 1.82) is 0 Å². The van der Waals surface area contributed by atoms with Crippen LogP contribution in [0.15, 0.2) is 24.3 Å². The van der Waals surface area contributed by atoms with E-state index in [1.165, 1.54) is 0 Å². The standard InChI is InChI=1S/C16H19ClN2O2/c17-14-4-2-1-3-12(14)8-15(20)18-9-11-7-16(21)19(10-11)13-5-6-13/h1-4,11,13H,5-10H2,(H,18,20). The van der Waals surface area contributed by atoms with Crippen molar-refractivity contribution in [3.63, 3.8) is 0 Å². The Bertz CT molecular complexity index is 557. The molecular weight excluding hydrogens is 288 g/mol. The summed E-state index contributed by atoms with van der Waals surface area (Å²) in [6, 6.07) is 7.84. The lowest BCUT2D eigenvalue weighted by Crippen LogP contribution is -2.32. The molecule has 1 unspecified atom stereocenters. The second kappa shape index (κ2) is 6.06. The number of carbonyl (C=O) groups is 2. The van der Waals surface area contributed by atoms with E-state index in [0.29, 0.717) is 24.0 Å². The molecule has 112 valence electrons. The average molecular weight is 307 g/mol. The normalized spacial score (nSPS) is 21.7. The van der Waals surface area contributed by atoms with Gasteiger partial charge in [-0.15, -0.1) is 0 Å². The first-order valence-corrected chi connectivity index (χ1v) is 7.81. The van der Waals surface area contributed by atoms with E-state index < -0.39 is 0 Å². The van der Waals surface area contributed by atoms with Gasteiger partial charge in [-0.1, -0.05) is 29.8 Å².